The minimum absolute atomic E-state index is 0. The van der Waals surface area contributed by atoms with Crippen LogP contribution >= 0.6 is 68.4 Å². The van der Waals surface area contributed by atoms with Gasteiger partial charge in [0.2, 0.25) is 0 Å². The van der Waals surface area contributed by atoms with Crippen LogP contribution in [0, 0.1) is 7.14 Å². The van der Waals surface area contributed by atoms with Gasteiger partial charge in [0.15, 0.2) is 0 Å². The molecule has 2 rings (SSSR count). The summed E-state index contributed by atoms with van der Waals surface area (Å²) in [6, 6.07) is 9.59. The molecule has 0 aliphatic rings. The number of carbonyl (C=O) groups excluding carboxylic acids is 1. The topological polar surface area (TPSA) is 138 Å². The highest BCUT2D eigenvalue weighted by Gasteiger charge is 2.06. The average Bonchev–Trinajstić information content (AvgIpc) is 2.58. The van der Waals surface area contributed by atoms with Crippen LogP contribution in [0.25, 0.3) is 0 Å². The number of esters is 1. The molecule has 3 N–H and O–H groups in total. The van der Waals surface area contributed by atoms with Crippen LogP contribution in [0.1, 0.15) is 28.1 Å². The van der Waals surface area contributed by atoms with Crippen molar-refractivity contribution in [3.63, 3.8) is 0 Å². The van der Waals surface area contributed by atoms with Crippen LogP contribution in [0.3, 0.4) is 0 Å². The minimum Gasteiger partial charge on any atom is -0.478 e. The average molecular weight is 693 g/mol. The van der Waals surface area contributed by atoms with Gasteiger partial charge in [-0.3, -0.25) is 9.11 Å². The monoisotopic (exact) mass is 692 g/mol. The van der Waals surface area contributed by atoms with Crippen molar-refractivity contribution in [2.75, 3.05) is 7.11 Å². The normalized spacial score (nSPS) is 9.62. The summed E-state index contributed by atoms with van der Waals surface area (Å²) in [5.41, 5.74) is 0.783. The van der Waals surface area contributed by atoms with Crippen molar-refractivity contribution in [3.05, 3.63) is 64.7 Å². The van der Waals surface area contributed by atoms with Crippen LogP contribution in [0.2, 0.25) is 10.0 Å². The lowest BCUT2D eigenvalue weighted by atomic mass is 10.2. The number of aromatic carboxylic acids is 1. The summed E-state index contributed by atoms with van der Waals surface area (Å²) in [7, 11) is -3.32. The Morgan fingerprint density at radius 2 is 1.28 bits per heavy atom. The van der Waals surface area contributed by atoms with Crippen molar-refractivity contribution in [2.24, 2.45) is 0 Å². The first-order chi connectivity index (χ1) is 12.8. The standard InChI is InChI=1S/C8H6ClIO2.C7H4ClIO2.CH4.H2O4S/c1-12-8(11)5-2-3-6(9)7(10)4-5;8-5-2-1-4(7(10)11)3-6(5)9;;1-5(2,3)4/h2-4H,1H3;1-3H,(H,10,11);1H4;(H2,1,2,3,4). The SMILES string of the molecule is C.COC(=O)c1ccc(Cl)c(I)c1.O=C(O)c1ccc(Cl)c(I)c1.O=S(=O)(O)O. The number of carboxylic acids is 1. The molecule has 2 aromatic rings. The van der Waals surface area contributed by atoms with E-state index >= 15 is 0 Å². The molecular weight excluding hydrogens is 677 g/mol. The number of carbonyl (C=O) groups is 2. The van der Waals surface area contributed by atoms with E-state index in [1.165, 1.54) is 19.2 Å². The van der Waals surface area contributed by atoms with Crippen LogP contribution in [-0.2, 0) is 15.1 Å². The molecule has 162 valence electrons. The molecule has 0 spiro atoms. The van der Waals surface area contributed by atoms with Gasteiger partial charge in [-0.25, -0.2) is 9.59 Å². The van der Waals surface area contributed by atoms with Crippen LogP contribution in [0.4, 0.5) is 0 Å². The lowest BCUT2D eigenvalue weighted by Gasteiger charge is -2.00. The quantitative estimate of drug-likeness (QED) is 0.218. The Morgan fingerprint density at radius 3 is 1.59 bits per heavy atom. The van der Waals surface area contributed by atoms with E-state index in [1.807, 2.05) is 22.6 Å². The Balaban J connectivity index is 0. The van der Waals surface area contributed by atoms with E-state index < -0.39 is 16.4 Å². The fraction of sp³-hybridized carbons (Fsp3) is 0.125. The molecule has 0 aliphatic carbocycles. The van der Waals surface area contributed by atoms with Gasteiger partial charge in [-0.1, -0.05) is 30.6 Å². The Labute approximate surface area is 205 Å². The molecule has 0 unspecified atom stereocenters. The maximum atomic E-state index is 11.0. The van der Waals surface area contributed by atoms with E-state index in [0.29, 0.717) is 15.6 Å². The fourth-order valence-corrected chi connectivity index (χ4v) is 2.64. The van der Waals surface area contributed by atoms with E-state index in [0.717, 1.165) is 7.14 Å². The van der Waals surface area contributed by atoms with E-state index in [1.54, 1.807) is 24.3 Å². The first kappa shape index (κ1) is 30.5. The van der Waals surface area contributed by atoms with Crippen molar-refractivity contribution in [3.8, 4) is 0 Å². The zero-order chi connectivity index (χ0) is 22.1. The molecule has 0 bridgehead atoms. The highest BCUT2D eigenvalue weighted by molar-refractivity contribution is 14.1. The van der Waals surface area contributed by atoms with Crippen molar-refractivity contribution in [1.82, 2.24) is 0 Å². The van der Waals surface area contributed by atoms with Crippen LogP contribution in [0.15, 0.2) is 36.4 Å². The summed E-state index contributed by atoms with van der Waals surface area (Å²) in [5.74, 6) is -1.27. The molecular formula is C16H16Cl2I2O8S. The van der Waals surface area contributed by atoms with Gasteiger partial charge in [-0.2, -0.15) is 8.42 Å². The number of methoxy groups -OCH3 is 1. The van der Waals surface area contributed by atoms with E-state index in [-0.39, 0.29) is 19.0 Å². The molecule has 0 aliphatic heterocycles. The largest absolute Gasteiger partial charge is 0.478 e. The molecule has 13 heteroatoms. The Kier molecular flexibility index (Phi) is 15.1. The number of hydrogen-bond acceptors (Lipinski definition) is 5. The van der Waals surface area contributed by atoms with Gasteiger partial charge in [0, 0.05) is 7.14 Å². The van der Waals surface area contributed by atoms with Gasteiger partial charge >= 0.3 is 22.3 Å². The van der Waals surface area contributed by atoms with Gasteiger partial charge in [0.25, 0.3) is 0 Å². The summed E-state index contributed by atoms with van der Waals surface area (Å²) < 4.78 is 37.7. The lowest BCUT2D eigenvalue weighted by Crippen LogP contribution is -2.00. The molecule has 0 fully saturated rings. The van der Waals surface area contributed by atoms with Gasteiger partial charge in [0.1, 0.15) is 0 Å². The highest BCUT2D eigenvalue weighted by atomic mass is 127. The van der Waals surface area contributed by atoms with Gasteiger partial charge in [0.05, 0.1) is 28.3 Å². The van der Waals surface area contributed by atoms with Crippen LogP contribution in [0.5, 0.6) is 0 Å². The van der Waals surface area contributed by atoms with Crippen molar-refractivity contribution < 1.29 is 37.0 Å². The van der Waals surface area contributed by atoms with Crippen molar-refractivity contribution in [2.45, 2.75) is 7.43 Å². The molecule has 0 saturated carbocycles. The first-order valence-corrected chi connectivity index (χ1v) is 11.0. The summed E-state index contributed by atoms with van der Waals surface area (Å²) in [4.78, 5) is 21.4. The lowest BCUT2D eigenvalue weighted by molar-refractivity contribution is 0.0599. The third kappa shape index (κ3) is 14.0. The molecule has 0 saturated heterocycles. The number of rotatable bonds is 2. The summed E-state index contributed by atoms with van der Waals surface area (Å²) in [5, 5.41) is 9.77. The third-order valence-corrected chi connectivity index (χ3v) is 5.59. The second-order valence-electron chi connectivity index (χ2n) is 4.50. The summed E-state index contributed by atoms with van der Waals surface area (Å²) in [6.45, 7) is 0. The fourth-order valence-electron chi connectivity index (χ4n) is 1.37. The zero-order valence-electron chi connectivity index (χ0n) is 13.8. The molecule has 2 aromatic carbocycles. The maximum Gasteiger partial charge on any atom is 0.394 e. The predicted octanol–water partition coefficient (Wildman–Crippen LogP) is 5.36. The summed E-state index contributed by atoms with van der Waals surface area (Å²) in [6.07, 6.45) is 0. The molecule has 0 heterocycles. The van der Waals surface area contributed by atoms with E-state index in [9.17, 15) is 9.59 Å². The molecule has 8 nitrogen and oxygen atoms in total. The molecule has 0 amide bonds. The maximum absolute atomic E-state index is 11.0. The Hall–Kier alpha value is -0.710. The Bertz CT molecular complexity index is 944. The number of halogens is 4. The van der Waals surface area contributed by atoms with Crippen molar-refractivity contribution in [1.29, 1.82) is 0 Å². The number of benzene rings is 2. The van der Waals surface area contributed by atoms with Gasteiger partial charge < -0.3 is 9.84 Å². The Morgan fingerprint density at radius 1 is 0.931 bits per heavy atom. The van der Waals surface area contributed by atoms with E-state index in [4.69, 9.17) is 45.8 Å². The van der Waals surface area contributed by atoms with Crippen molar-refractivity contribution >= 4 is 90.7 Å². The molecule has 0 radical (unpaired) electrons. The number of hydrogen-bond donors (Lipinski definition) is 3. The van der Waals surface area contributed by atoms with Gasteiger partial charge in [-0.15, -0.1) is 0 Å². The zero-order valence-corrected chi connectivity index (χ0v) is 20.4. The second-order valence-corrected chi connectivity index (χ2v) is 8.54. The van der Waals surface area contributed by atoms with Gasteiger partial charge in [-0.05, 0) is 81.6 Å². The smallest absolute Gasteiger partial charge is 0.394 e. The molecule has 0 atom stereocenters. The summed E-state index contributed by atoms with van der Waals surface area (Å²) >= 11 is 15.5. The van der Waals surface area contributed by atoms with Crippen LogP contribution < -0.4 is 0 Å². The third-order valence-electron chi connectivity index (χ3n) is 2.51. The van der Waals surface area contributed by atoms with E-state index in [2.05, 4.69) is 27.3 Å². The minimum atomic E-state index is -4.67. The van der Waals surface area contributed by atoms with Crippen LogP contribution in [-0.4, -0.2) is 41.7 Å². The number of ether oxygens (including phenoxy) is 1. The number of carboxylic acid groups (broad SMARTS) is 1. The second kappa shape index (κ2) is 14.3. The first-order valence-electron chi connectivity index (χ1n) is 6.67. The molecule has 0 aromatic heterocycles. The molecule has 29 heavy (non-hydrogen) atoms. The predicted molar refractivity (Wildman–Crippen MR) is 128 cm³/mol. The highest BCUT2D eigenvalue weighted by Crippen LogP contribution is 2.20.